The van der Waals surface area contributed by atoms with Gasteiger partial charge in [0.05, 0.1) is 17.1 Å². The molecule has 4 rings (SSSR count). The third-order valence-electron chi connectivity index (χ3n) is 4.83. The van der Waals surface area contributed by atoms with E-state index in [0.29, 0.717) is 5.75 Å². The number of benzene rings is 2. The van der Waals surface area contributed by atoms with Crippen LogP contribution in [0.1, 0.15) is 19.3 Å². The highest BCUT2D eigenvalue weighted by atomic mass is 32.2. The van der Waals surface area contributed by atoms with Gasteiger partial charge in [-0.1, -0.05) is 72.4 Å². The van der Waals surface area contributed by atoms with E-state index in [9.17, 15) is 4.79 Å². The Labute approximate surface area is 164 Å². The molecule has 138 valence electrons. The number of aromatic amines is 1. The van der Waals surface area contributed by atoms with Crippen LogP contribution in [0.5, 0.6) is 0 Å². The van der Waals surface area contributed by atoms with Crippen molar-refractivity contribution in [2.45, 2.75) is 24.4 Å². The Kier molecular flexibility index (Phi) is 5.58. The maximum Gasteiger partial charge on any atom is 0.233 e. The lowest BCUT2D eigenvalue weighted by atomic mass is 10.1. The van der Waals surface area contributed by atoms with Gasteiger partial charge in [0.1, 0.15) is 0 Å². The van der Waals surface area contributed by atoms with E-state index in [1.807, 2.05) is 41.3 Å². The smallest absolute Gasteiger partial charge is 0.233 e. The number of nitrogens with zero attached hydrogens (tertiary/aromatic N) is 2. The van der Waals surface area contributed by atoms with Crippen molar-refractivity contribution < 1.29 is 4.79 Å². The molecule has 0 spiro atoms. The average Bonchev–Trinajstić information content (AvgIpc) is 3.18. The topological polar surface area (TPSA) is 49.0 Å². The van der Waals surface area contributed by atoms with E-state index in [4.69, 9.17) is 4.98 Å². The lowest BCUT2D eigenvalue weighted by Gasteiger charge is -2.26. The number of piperidine rings is 1. The molecule has 0 saturated carbocycles. The quantitative estimate of drug-likeness (QED) is 0.647. The van der Waals surface area contributed by atoms with Crippen molar-refractivity contribution >= 4 is 17.7 Å². The van der Waals surface area contributed by atoms with E-state index in [0.717, 1.165) is 53.6 Å². The van der Waals surface area contributed by atoms with E-state index < -0.39 is 0 Å². The maximum absolute atomic E-state index is 12.5. The number of likely N-dealkylation sites (tertiary alicyclic amines) is 1. The molecule has 1 fully saturated rings. The van der Waals surface area contributed by atoms with Crippen LogP contribution in [0.2, 0.25) is 0 Å². The molecule has 1 aliphatic rings. The Morgan fingerprint density at radius 1 is 0.926 bits per heavy atom. The molecule has 4 nitrogen and oxygen atoms in total. The zero-order chi connectivity index (χ0) is 18.5. The van der Waals surface area contributed by atoms with E-state index in [1.165, 1.54) is 18.2 Å². The van der Waals surface area contributed by atoms with Crippen LogP contribution in [-0.4, -0.2) is 39.6 Å². The minimum atomic E-state index is 0.207. The molecule has 27 heavy (non-hydrogen) atoms. The predicted octanol–water partition coefficient (Wildman–Crippen LogP) is 4.85. The Morgan fingerprint density at radius 2 is 1.56 bits per heavy atom. The molecule has 0 bridgehead atoms. The molecule has 1 aromatic heterocycles. The van der Waals surface area contributed by atoms with Crippen LogP contribution in [0.15, 0.2) is 65.8 Å². The molecular formula is C22H23N3OS. The first-order chi connectivity index (χ1) is 13.3. The van der Waals surface area contributed by atoms with Crippen LogP contribution >= 0.6 is 11.8 Å². The first kappa shape index (κ1) is 17.9. The molecule has 2 heterocycles. The summed E-state index contributed by atoms with van der Waals surface area (Å²) in [6, 6.07) is 20.4. The molecule has 1 aliphatic heterocycles. The number of carbonyl (C=O) groups excluding carboxylic acids is 1. The van der Waals surface area contributed by atoms with Gasteiger partial charge < -0.3 is 9.88 Å². The maximum atomic E-state index is 12.5. The number of nitrogens with one attached hydrogen (secondary N) is 1. The lowest BCUT2D eigenvalue weighted by molar-refractivity contribution is -0.129. The van der Waals surface area contributed by atoms with Gasteiger partial charge in [-0.3, -0.25) is 4.79 Å². The average molecular weight is 378 g/mol. The van der Waals surface area contributed by atoms with Crippen molar-refractivity contribution in [1.82, 2.24) is 14.9 Å². The number of H-pyrrole nitrogens is 1. The van der Waals surface area contributed by atoms with Gasteiger partial charge in [0, 0.05) is 24.2 Å². The van der Waals surface area contributed by atoms with Crippen molar-refractivity contribution in [2.75, 3.05) is 18.8 Å². The third kappa shape index (κ3) is 4.25. The van der Waals surface area contributed by atoms with Crippen LogP contribution in [0.4, 0.5) is 0 Å². The number of amides is 1. The van der Waals surface area contributed by atoms with Crippen LogP contribution < -0.4 is 0 Å². The molecule has 1 N–H and O–H groups in total. The number of aromatic nitrogens is 2. The van der Waals surface area contributed by atoms with Crippen LogP contribution in [0.3, 0.4) is 0 Å². The fraction of sp³-hybridized carbons (Fsp3) is 0.273. The normalized spacial score (nSPS) is 14.3. The summed E-state index contributed by atoms with van der Waals surface area (Å²) in [5.74, 6) is 0.634. The van der Waals surface area contributed by atoms with E-state index in [-0.39, 0.29) is 5.91 Å². The number of rotatable bonds is 5. The molecular weight excluding hydrogens is 354 g/mol. The van der Waals surface area contributed by atoms with Crippen molar-refractivity contribution in [3.63, 3.8) is 0 Å². The highest BCUT2D eigenvalue weighted by Gasteiger charge is 2.19. The number of hydrogen-bond acceptors (Lipinski definition) is 3. The fourth-order valence-corrected chi connectivity index (χ4v) is 4.18. The summed E-state index contributed by atoms with van der Waals surface area (Å²) >= 11 is 1.49. The highest BCUT2D eigenvalue weighted by Crippen LogP contribution is 2.32. The van der Waals surface area contributed by atoms with Crippen LogP contribution in [0.25, 0.3) is 22.5 Å². The van der Waals surface area contributed by atoms with Crippen molar-refractivity contribution in [3.05, 3.63) is 60.7 Å². The Balaban J connectivity index is 1.57. The second-order valence-electron chi connectivity index (χ2n) is 6.73. The Hall–Kier alpha value is -2.53. The second-order valence-corrected chi connectivity index (χ2v) is 7.69. The second kappa shape index (κ2) is 8.44. The minimum Gasteiger partial charge on any atom is -0.342 e. The third-order valence-corrected chi connectivity index (χ3v) is 5.69. The van der Waals surface area contributed by atoms with Gasteiger partial charge in [0.15, 0.2) is 5.16 Å². The van der Waals surface area contributed by atoms with Gasteiger partial charge in [0.2, 0.25) is 5.91 Å². The molecule has 0 radical (unpaired) electrons. The van der Waals surface area contributed by atoms with Gasteiger partial charge in [-0.05, 0) is 19.3 Å². The summed E-state index contributed by atoms with van der Waals surface area (Å²) in [6.45, 7) is 1.78. The molecule has 0 atom stereocenters. The molecule has 2 aromatic carbocycles. The Bertz CT molecular complexity index is 829. The standard InChI is InChI=1S/C22H23N3OS/c26-19(25-14-8-3-9-15-25)16-27-22-23-20(17-10-4-1-5-11-17)21(24-22)18-12-6-2-7-13-18/h1-2,4-7,10-13H,3,8-9,14-16H2,(H,23,24). The van der Waals surface area contributed by atoms with E-state index in [2.05, 4.69) is 29.2 Å². The molecule has 5 heteroatoms. The summed E-state index contributed by atoms with van der Waals surface area (Å²) in [5.41, 5.74) is 4.09. The fourth-order valence-electron chi connectivity index (χ4n) is 3.40. The van der Waals surface area contributed by atoms with Gasteiger partial charge in [-0.2, -0.15) is 0 Å². The molecule has 3 aromatic rings. The zero-order valence-electron chi connectivity index (χ0n) is 15.2. The van der Waals surface area contributed by atoms with Crippen molar-refractivity contribution in [1.29, 1.82) is 0 Å². The summed E-state index contributed by atoms with van der Waals surface area (Å²) < 4.78 is 0. The van der Waals surface area contributed by atoms with Gasteiger partial charge >= 0.3 is 0 Å². The predicted molar refractivity (Wildman–Crippen MR) is 111 cm³/mol. The zero-order valence-corrected chi connectivity index (χ0v) is 16.0. The summed E-state index contributed by atoms with van der Waals surface area (Å²) in [6.07, 6.45) is 3.47. The first-order valence-electron chi connectivity index (χ1n) is 9.43. The van der Waals surface area contributed by atoms with Crippen molar-refractivity contribution in [2.24, 2.45) is 0 Å². The monoisotopic (exact) mass is 377 g/mol. The lowest BCUT2D eigenvalue weighted by Crippen LogP contribution is -2.36. The molecule has 0 aliphatic carbocycles. The summed E-state index contributed by atoms with van der Waals surface area (Å²) in [5, 5.41) is 0.790. The van der Waals surface area contributed by atoms with E-state index >= 15 is 0 Å². The van der Waals surface area contributed by atoms with Crippen molar-refractivity contribution in [3.8, 4) is 22.5 Å². The highest BCUT2D eigenvalue weighted by molar-refractivity contribution is 7.99. The van der Waals surface area contributed by atoms with E-state index in [1.54, 1.807) is 0 Å². The number of imidazole rings is 1. The Morgan fingerprint density at radius 3 is 2.22 bits per heavy atom. The van der Waals surface area contributed by atoms with Crippen LogP contribution in [0, 0.1) is 0 Å². The minimum absolute atomic E-state index is 0.207. The molecule has 1 amide bonds. The number of hydrogen-bond donors (Lipinski definition) is 1. The van der Waals surface area contributed by atoms with Crippen LogP contribution in [-0.2, 0) is 4.79 Å². The number of carbonyl (C=O) groups is 1. The summed E-state index contributed by atoms with van der Waals surface area (Å²) in [7, 11) is 0. The van der Waals surface area contributed by atoms with Gasteiger partial charge in [-0.15, -0.1) is 0 Å². The largest absolute Gasteiger partial charge is 0.342 e. The molecule has 0 unspecified atom stereocenters. The van der Waals surface area contributed by atoms with Gasteiger partial charge in [0.25, 0.3) is 0 Å². The summed E-state index contributed by atoms with van der Waals surface area (Å²) in [4.78, 5) is 22.7. The van der Waals surface area contributed by atoms with Gasteiger partial charge in [-0.25, -0.2) is 4.98 Å². The first-order valence-corrected chi connectivity index (χ1v) is 10.4. The number of thioether (sulfide) groups is 1. The SMILES string of the molecule is O=C(CSc1nc(-c2ccccc2)c(-c2ccccc2)[nH]1)N1CCCCC1. The molecule has 1 saturated heterocycles.